The van der Waals surface area contributed by atoms with E-state index in [0.29, 0.717) is 0 Å². The Morgan fingerprint density at radius 2 is 2.20 bits per heavy atom. The summed E-state index contributed by atoms with van der Waals surface area (Å²) in [7, 11) is -2.75. The summed E-state index contributed by atoms with van der Waals surface area (Å²) in [6.45, 7) is 1.65. The van der Waals surface area contributed by atoms with Crippen LogP contribution in [0.5, 0.6) is 5.75 Å². The van der Waals surface area contributed by atoms with Crippen molar-refractivity contribution in [3.63, 3.8) is 0 Å². The van der Waals surface area contributed by atoms with Crippen LogP contribution in [0.3, 0.4) is 0 Å². The predicted molar refractivity (Wildman–Crippen MR) is 69.7 cm³/mol. The highest BCUT2D eigenvalue weighted by Gasteiger charge is 2.23. The average molecular weight is 299 g/mol. The van der Waals surface area contributed by atoms with Gasteiger partial charge in [0.25, 0.3) is 0 Å². The van der Waals surface area contributed by atoms with Crippen molar-refractivity contribution >= 4 is 15.7 Å². The fraction of sp³-hybridized carbons (Fsp3) is 0.364. The van der Waals surface area contributed by atoms with Crippen molar-refractivity contribution in [2.45, 2.75) is 24.3 Å². The van der Waals surface area contributed by atoms with Crippen LogP contribution in [0.25, 0.3) is 0 Å². The van der Waals surface area contributed by atoms with Crippen LogP contribution < -0.4 is 9.46 Å². The van der Waals surface area contributed by atoms with E-state index in [1.165, 1.54) is 19.2 Å². The molecule has 1 unspecified atom stereocenters. The van der Waals surface area contributed by atoms with E-state index in [1.54, 1.807) is 13.0 Å². The Morgan fingerprint density at radius 3 is 2.65 bits per heavy atom. The Balaban J connectivity index is 3.23. The molecule has 8 nitrogen and oxygen atoms in total. The summed E-state index contributed by atoms with van der Waals surface area (Å²) in [5.41, 5.74) is -0.458. The van der Waals surface area contributed by atoms with Gasteiger partial charge in [0.1, 0.15) is 6.04 Å². The second-order valence-corrected chi connectivity index (χ2v) is 5.52. The summed E-state index contributed by atoms with van der Waals surface area (Å²) in [5, 5.41) is 19.6. The van der Waals surface area contributed by atoms with E-state index in [9.17, 15) is 18.5 Å². The lowest BCUT2D eigenvalue weighted by Gasteiger charge is -2.10. The topological polar surface area (TPSA) is 122 Å². The summed E-state index contributed by atoms with van der Waals surface area (Å²) in [6.07, 6.45) is 0.286. The van der Waals surface area contributed by atoms with Gasteiger partial charge in [-0.2, -0.15) is 9.98 Å². The molecule has 1 rings (SSSR count). The van der Waals surface area contributed by atoms with Crippen LogP contribution in [0.4, 0.5) is 5.69 Å². The summed E-state index contributed by atoms with van der Waals surface area (Å²) < 4.78 is 31.0. The molecule has 1 aromatic rings. The third-order valence-corrected chi connectivity index (χ3v) is 3.99. The fourth-order valence-corrected chi connectivity index (χ4v) is 2.68. The van der Waals surface area contributed by atoms with Crippen LogP contribution in [-0.2, 0) is 10.0 Å². The molecule has 0 fully saturated rings. The van der Waals surface area contributed by atoms with Gasteiger partial charge in [-0.1, -0.05) is 6.92 Å². The number of hydrogen-bond acceptors (Lipinski definition) is 6. The first-order valence-corrected chi connectivity index (χ1v) is 7.08. The van der Waals surface area contributed by atoms with Gasteiger partial charge in [0, 0.05) is 6.07 Å². The zero-order valence-electron chi connectivity index (χ0n) is 10.9. The molecule has 1 aromatic carbocycles. The predicted octanol–water partition coefficient (Wildman–Crippen LogP) is 1.18. The van der Waals surface area contributed by atoms with Crippen molar-refractivity contribution in [3.05, 3.63) is 28.3 Å². The fourth-order valence-electron chi connectivity index (χ4n) is 1.44. The Morgan fingerprint density at radius 1 is 1.55 bits per heavy atom. The maximum atomic E-state index is 12.0. The van der Waals surface area contributed by atoms with E-state index in [0.717, 1.165) is 6.07 Å². The Hall–Kier alpha value is -2.18. The second kappa shape index (κ2) is 6.31. The Kier molecular flexibility index (Phi) is 5.01. The number of rotatable bonds is 6. The minimum Gasteiger partial charge on any atom is -0.490 e. The van der Waals surface area contributed by atoms with E-state index in [2.05, 4.69) is 4.72 Å². The van der Waals surface area contributed by atoms with Gasteiger partial charge < -0.3 is 4.74 Å². The molecule has 9 heteroatoms. The largest absolute Gasteiger partial charge is 0.490 e. The van der Waals surface area contributed by atoms with Crippen LogP contribution in [0, 0.1) is 21.4 Å². The Labute approximate surface area is 116 Å². The average Bonchev–Trinajstić information content (AvgIpc) is 2.43. The van der Waals surface area contributed by atoms with Crippen LogP contribution in [0.1, 0.15) is 13.3 Å². The zero-order chi connectivity index (χ0) is 15.3. The molecule has 0 heterocycles. The van der Waals surface area contributed by atoms with E-state index in [4.69, 9.17) is 10.00 Å². The SMILES string of the molecule is CCC(C#N)NS(=O)(=O)c1ccc(OC)c([N+](=O)[O-])c1. The van der Waals surface area contributed by atoms with Crippen molar-refractivity contribution in [2.24, 2.45) is 0 Å². The van der Waals surface area contributed by atoms with Crippen LogP contribution in [-0.4, -0.2) is 26.5 Å². The molecule has 0 aliphatic carbocycles. The van der Waals surface area contributed by atoms with Gasteiger partial charge in [-0.15, -0.1) is 0 Å². The lowest BCUT2D eigenvalue weighted by atomic mass is 10.3. The Bertz CT molecular complexity index is 651. The third-order valence-electron chi connectivity index (χ3n) is 2.52. The van der Waals surface area contributed by atoms with Crippen molar-refractivity contribution in [1.29, 1.82) is 5.26 Å². The molecule has 20 heavy (non-hydrogen) atoms. The highest BCUT2D eigenvalue weighted by molar-refractivity contribution is 7.89. The summed E-state index contributed by atoms with van der Waals surface area (Å²) in [4.78, 5) is 9.82. The third kappa shape index (κ3) is 3.43. The molecule has 0 amide bonds. The maximum absolute atomic E-state index is 12.0. The van der Waals surface area contributed by atoms with Crippen LogP contribution in [0.15, 0.2) is 23.1 Å². The molecule has 0 aromatic heterocycles. The second-order valence-electron chi connectivity index (χ2n) is 3.80. The molecular formula is C11H13N3O5S. The smallest absolute Gasteiger partial charge is 0.312 e. The molecular weight excluding hydrogens is 286 g/mol. The number of methoxy groups -OCH3 is 1. The highest BCUT2D eigenvalue weighted by atomic mass is 32.2. The number of hydrogen-bond donors (Lipinski definition) is 1. The summed E-state index contributed by atoms with van der Waals surface area (Å²) in [6, 6.07) is 4.17. The molecule has 0 aliphatic rings. The first-order chi connectivity index (χ1) is 9.35. The lowest BCUT2D eigenvalue weighted by Crippen LogP contribution is -2.33. The number of ether oxygens (including phenoxy) is 1. The van der Waals surface area contributed by atoms with E-state index < -0.39 is 26.7 Å². The molecule has 0 saturated heterocycles. The van der Waals surface area contributed by atoms with E-state index in [-0.39, 0.29) is 17.1 Å². The van der Waals surface area contributed by atoms with E-state index in [1.807, 2.05) is 0 Å². The molecule has 0 aliphatic heterocycles. The van der Waals surface area contributed by atoms with Crippen LogP contribution in [0.2, 0.25) is 0 Å². The highest BCUT2D eigenvalue weighted by Crippen LogP contribution is 2.29. The zero-order valence-corrected chi connectivity index (χ0v) is 11.7. The molecule has 1 atom stereocenters. The number of nitro groups is 1. The van der Waals surface area contributed by atoms with Crippen LogP contribution >= 0.6 is 0 Å². The van der Waals surface area contributed by atoms with Gasteiger partial charge in [-0.25, -0.2) is 8.42 Å². The quantitative estimate of drug-likeness (QED) is 0.621. The van der Waals surface area contributed by atoms with Gasteiger partial charge >= 0.3 is 5.69 Å². The molecule has 108 valence electrons. The van der Waals surface area contributed by atoms with Crippen molar-refractivity contribution in [1.82, 2.24) is 4.72 Å². The number of nitro benzene ring substituents is 1. The minimum absolute atomic E-state index is 0.0405. The number of nitrogens with one attached hydrogen (secondary N) is 1. The molecule has 0 radical (unpaired) electrons. The number of nitriles is 1. The molecule has 0 spiro atoms. The standard InChI is InChI=1S/C11H13N3O5S/c1-3-8(7-12)13-20(17,18)9-4-5-11(19-2)10(6-9)14(15)16/h4-6,8,13H,3H2,1-2H3. The lowest BCUT2D eigenvalue weighted by molar-refractivity contribution is -0.386. The normalized spacial score (nSPS) is 12.4. The molecule has 0 bridgehead atoms. The minimum atomic E-state index is -4.00. The van der Waals surface area contributed by atoms with Crippen molar-refractivity contribution in [2.75, 3.05) is 7.11 Å². The maximum Gasteiger partial charge on any atom is 0.312 e. The first kappa shape index (κ1) is 15.9. The van der Waals surface area contributed by atoms with E-state index >= 15 is 0 Å². The van der Waals surface area contributed by atoms with Gasteiger partial charge in [-0.05, 0) is 18.6 Å². The van der Waals surface area contributed by atoms with Gasteiger partial charge in [0.05, 0.1) is 23.0 Å². The molecule has 1 N–H and O–H groups in total. The van der Waals surface area contributed by atoms with Crippen molar-refractivity contribution in [3.8, 4) is 11.8 Å². The monoisotopic (exact) mass is 299 g/mol. The summed E-state index contributed by atoms with van der Waals surface area (Å²) in [5.74, 6) is -0.0405. The number of sulfonamides is 1. The van der Waals surface area contributed by atoms with Crippen molar-refractivity contribution < 1.29 is 18.1 Å². The first-order valence-electron chi connectivity index (χ1n) is 5.60. The van der Waals surface area contributed by atoms with Gasteiger partial charge in [0.15, 0.2) is 5.75 Å². The number of benzene rings is 1. The van der Waals surface area contributed by atoms with Gasteiger partial charge in [0.2, 0.25) is 10.0 Å². The van der Waals surface area contributed by atoms with Gasteiger partial charge in [-0.3, -0.25) is 10.1 Å². The molecule has 0 saturated carbocycles. The summed E-state index contributed by atoms with van der Waals surface area (Å²) >= 11 is 0. The number of nitrogens with zero attached hydrogens (tertiary/aromatic N) is 2.